The first-order chi connectivity index (χ1) is 11.1. The lowest BCUT2D eigenvalue weighted by atomic mass is 10.0. The Labute approximate surface area is 142 Å². The normalized spacial score (nSPS) is 14.0. The summed E-state index contributed by atoms with van der Waals surface area (Å²) in [7, 11) is -0.579. The van der Waals surface area contributed by atoms with Crippen molar-refractivity contribution in [1.82, 2.24) is 0 Å². The molecule has 0 aliphatic carbocycles. The lowest BCUT2D eigenvalue weighted by molar-refractivity contribution is 0.144. The fraction of sp³-hybridized carbons (Fsp3) is 0.667. The summed E-state index contributed by atoms with van der Waals surface area (Å²) in [5.74, 6) is 0.588. The van der Waals surface area contributed by atoms with Crippen LogP contribution in [0.2, 0.25) is 0 Å². The van der Waals surface area contributed by atoms with Crippen LogP contribution in [0.4, 0.5) is 9.59 Å². The molecule has 0 aromatic carbocycles. The molecule has 0 radical (unpaired) electrons. The fourth-order valence-corrected chi connectivity index (χ4v) is 2.61. The Hall–Kier alpha value is -1.15. The van der Waals surface area contributed by atoms with Crippen LogP contribution >= 0.6 is 8.58 Å². The van der Waals surface area contributed by atoms with Gasteiger partial charge in [0.2, 0.25) is 0 Å². The summed E-state index contributed by atoms with van der Waals surface area (Å²) in [6.45, 7) is 10.5. The highest BCUT2D eigenvalue weighted by molar-refractivity contribution is 7.72. The van der Waals surface area contributed by atoms with Crippen molar-refractivity contribution in [3.8, 4) is 0 Å². The number of hydrogen-bond acceptors (Lipinski definition) is 4. The third-order valence-electron chi connectivity index (χ3n) is 3.58. The molecule has 0 saturated heterocycles. The molecule has 0 fully saturated rings. The van der Waals surface area contributed by atoms with Gasteiger partial charge in [-0.05, 0) is 44.4 Å². The van der Waals surface area contributed by atoms with Gasteiger partial charge in [-0.25, -0.2) is 9.59 Å². The minimum atomic E-state index is -0.579. The van der Waals surface area contributed by atoms with E-state index in [9.17, 15) is 9.59 Å². The van der Waals surface area contributed by atoms with Crippen LogP contribution < -0.4 is 0 Å². The molecule has 4 nitrogen and oxygen atoms in total. The van der Waals surface area contributed by atoms with Gasteiger partial charge in [-0.15, -0.1) is 6.58 Å². The number of allylic oxidation sites excluding steroid dienone is 3. The van der Waals surface area contributed by atoms with Gasteiger partial charge in [0, 0.05) is 0 Å². The summed E-state index contributed by atoms with van der Waals surface area (Å²) in [5, 5.41) is 0. The minimum absolute atomic E-state index is 0.285. The molecule has 132 valence electrons. The van der Waals surface area contributed by atoms with E-state index in [0.29, 0.717) is 19.1 Å². The third kappa shape index (κ3) is 12.0. The van der Waals surface area contributed by atoms with Crippen LogP contribution in [-0.4, -0.2) is 24.6 Å². The smallest absolute Gasteiger partial charge is 0.334 e. The van der Waals surface area contributed by atoms with Crippen LogP contribution in [0.25, 0.3) is 0 Å². The first-order valence-electron chi connectivity index (χ1n) is 8.39. The molecule has 0 aromatic heterocycles. The molecule has 0 heterocycles. The summed E-state index contributed by atoms with van der Waals surface area (Å²) in [4.78, 5) is 23.4. The summed E-state index contributed by atoms with van der Waals surface area (Å²) in [6, 6.07) is 0. The largest absolute Gasteiger partial charge is 0.462 e. The van der Waals surface area contributed by atoms with Crippen molar-refractivity contribution in [2.45, 2.75) is 52.9 Å². The minimum Gasteiger partial charge on any atom is -0.462 e. The van der Waals surface area contributed by atoms with Crippen LogP contribution in [0.3, 0.4) is 0 Å². The van der Waals surface area contributed by atoms with Gasteiger partial charge in [-0.2, -0.15) is 0 Å². The van der Waals surface area contributed by atoms with Gasteiger partial charge in [0.25, 0.3) is 0 Å². The van der Waals surface area contributed by atoms with Crippen molar-refractivity contribution >= 4 is 20.0 Å². The molecule has 0 bridgehead atoms. The van der Waals surface area contributed by atoms with Crippen LogP contribution in [0, 0.1) is 11.8 Å². The van der Waals surface area contributed by atoms with E-state index in [4.69, 9.17) is 9.47 Å². The Bertz CT molecular complexity index is 379. The summed E-state index contributed by atoms with van der Waals surface area (Å²) in [5.41, 5.74) is -0.966. The van der Waals surface area contributed by atoms with Gasteiger partial charge in [-0.1, -0.05) is 38.5 Å². The van der Waals surface area contributed by atoms with Crippen molar-refractivity contribution in [2.75, 3.05) is 13.2 Å². The molecular formula is C18H31O4P. The van der Waals surface area contributed by atoms with E-state index >= 15 is 0 Å². The van der Waals surface area contributed by atoms with Gasteiger partial charge in [0.05, 0.1) is 13.2 Å². The average molecular weight is 342 g/mol. The van der Waals surface area contributed by atoms with Crippen LogP contribution in [-0.2, 0) is 9.47 Å². The highest BCUT2D eigenvalue weighted by atomic mass is 31.1. The monoisotopic (exact) mass is 342 g/mol. The third-order valence-corrected chi connectivity index (χ3v) is 4.28. The first-order valence-corrected chi connectivity index (χ1v) is 9.39. The molecule has 0 aliphatic heterocycles. The van der Waals surface area contributed by atoms with E-state index in [1.165, 1.54) is 0 Å². The van der Waals surface area contributed by atoms with Gasteiger partial charge in [0.15, 0.2) is 0 Å². The molecule has 3 atom stereocenters. The zero-order valence-corrected chi connectivity index (χ0v) is 15.7. The quantitative estimate of drug-likeness (QED) is 0.308. The fourth-order valence-electron chi connectivity index (χ4n) is 2.14. The zero-order valence-electron chi connectivity index (χ0n) is 14.7. The second-order valence-corrected chi connectivity index (χ2v) is 6.65. The van der Waals surface area contributed by atoms with E-state index in [2.05, 4.69) is 26.5 Å². The molecule has 0 aromatic rings. The SMILES string of the molecule is C=CCC(CCC)COC(=O)PC(=O)OCC(CC)C/C=C\C. The van der Waals surface area contributed by atoms with E-state index in [1.54, 1.807) is 0 Å². The van der Waals surface area contributed by atoms with Gasteiger partial charge in [-0.3, -0.25) is 0 Å². The maximum Gasteiger partial charge on any atom is 0.334 e. The van der Waals surface area contributed by atoms with E-state index in [0.717, 1.165) is 32.1 Å². The van der Waals surface area contributed by atoms with Gasteiger partial charge in [0.1, 0.15) is 8.58 Å². The molecule has 0 N–H and O–H groups in total. The van der Waals surface area contributed by atoms with E-state index in [1.807, 2.05) is 19.1 Å². The van der Waals surface area contributed by atoms with Crippen molar-refractivity contribution < 1.29 is 19.1 Å². The maximum absolute atomic E-state index is 11.7. The van der Waals surface area contributed by atoms with Gasteiger partial charge >= 0.3 is 11.4 Å². The maximum atomic E-state index is 11.7. The standard InChI is InChI=1S/C18H31O4P/c1-5-9-12-15(8-4)13-21-17(19)23-18(20)22-14-16(10-6-2)11-7-3/h5-6,9,15-16,23H,2,7-8,10-14H2,1,3-4H3/b9-5-. The average Bonchev–Trinajstić information content (AvgIpc) is 2.53. The predicted octanol–water partition coefficient (Wildman–Crippen LogP) is 5.92. The molecular weight excluding hydrogens is 311 g/mol. The highest BCUT2D eigenvalue weighted by Gasteiger charge is 2.16. The number of hydrogen-bond donors (Lipinski definition) is 0. The van der Waals surface area contributed by atoms with E-state index < -0.39 is 20.0 Å². The molecule has 0 rings (SSSR count). The Balaban J connectivity index is 4.04. The zero-order chi connectivity index (χ0) is 17.5. The van der Waals surface area contributed by atoms with Crippen molar-refractivity contribution in [3.63, 3.8) is 0 Å². The summed E-state index contributed by atoms with van der Waals surface area (Å²) >= 11 is 0. The Kier molecular flexibility index (Phi) is 13.7. The van der Waals surface area contributed by atoms with E-state index in [-0.39, 0.29) is 5.92 Å². The van der Waals surface area contributed by atoms with Crippen molar-refractivity contribution in [3.05, 3.63) is 24.8 Å². The predicted molar refractivity (Wildman–Crippen MR) is 97.4 cm³/mol. The molecule has 0 spiro atoms. The lowest BCUT2D eigenvalue weighted by Crippen LogP contribution is -2.13. The molecule has 3 unspecified atom stereocenters. The Morgan fingerprint density at radius 1 is 1.09 bits per heavy atom. The molecule has 23 heavy (non-hydrogen) atoms. The van der Waals surface area contributed by atoms with Crippen LogP contribution in [0.1, 0.15) is 52.9 Å². The van der Waals surface area contributed by atoms with Crippen LogP contribution in [0.5, 0.6) is 0 Å². The number of ether oxygens (including phenoxy) is 2. The highest BCUT2D eigenvalue weighted by Crippen LogP contribution is 2.21. The Morgan fingerprint density at radius 3 is 2.17 bits per heavy atom. The molecule has 5 heteroatoms. The summed E-state index contributed by atoms with van der Waals surface area (Å²) in [6.07, 6.45) is 10.5. The summed E-state index contributed by atoms with van der Waals surface area (Å²) < 4.78 is 10.4. The molecule has 0 amide bonds. The molecule has 0 aliphatic rings. The van der Waals surface area contributed by atoms with Crippen LogP contribution in [0.15, 0.2) is 24.8 Å². The number of rotatable bonds is 13. The second kappa shape index (κ2) is 14.4. The second-order valence-electron chi connectivity index (χ2n) is 5.58. The number of carbonyl (C=O) groups excluding carboxylic acids is 2. The number of carbonyl (C=O) groups is 2. The lowest BCUT2D eigenvalue weighted by Gasteiger charge is -2.15. The Morgan fingerprint density at radius 2 is 1.70 bits per heavy atom. The van der Waals surface area contributed by atoms with Crippen molar-refractivity contribution in [1.29, 1.82) is 0 Å². The topological polar surface area (TPSA) is 52.6 Å². The van der Waals surface area contributed by atoms with Crippen molar-refractivity contribution in [2.24, 2.45) is 11.8 Å². The van der Waals surface area contributed by atoms with Gasteiger partial charge < -0.3 is 9.47 Å². The first kappa shape index (κ1) is 21.9. The molecule has 0 saturated carbocycles.